The van der Waals surface area contributed by atoms with Crippen LogP contribution in [-0.4, -0.2) is 38.1 Å². The molecule has 0 aliphatic rings. The van der Waals surface area contributed by atoms with Gasteiger partial charge in [0.2, 0.25) is 0 Å². The lowest BCUT2D eigenvalue weighted by atomic mass is 10.1. The third kappa shape index (κ3) is 6.98. The Hall–Kier alpha value is -3.10. The Kier molecular flexibility index (Phi) is 9.34. The van der Waals surface area contributed by atoms with E-state index in [1.165, 1.54) is 24.0 Å². The minimum atomic E-state index is -3.81. The number of hydrogen-bond acceptors (Lipinski definition) is 5. The SMILES string of the molecule is CCN(CC)c1ccc(CN(Cc2ccc(F)cc2)C(=O)c2ccccc2Cl)c(OS(=O)(=O)CC)c1. The van der Waals surface area contributed by atoms with E-state index in [1.807, 2.05) is 19.9 Å². The third-order valence-electron chi connectivity index (χ3n) is 5.79. The molecule has 0 saturated heterocycles. The van der Waals surface area contributed by atoms with Crippen molar-refractivity contribution in [2.75, 3.05) is 23.7 Å². The van der Waals surface area contributed by atoms with Crippen molar-refractivity contribution in [3.63, 3.8) is 0 Å². The molecule has 3 aromatic carbocycles. The van der Waals surface area contributed by atoms with Crippen LogP contribution in [0.3, 0.4) is 0 Å². The van der Waals surface area contributed by atoms with Crippen LogP contribution in [0.1, 0.15) is 42.3 Å². The zero-order valence-corrected chi connectivity index (χ0v) is 22.2. The van der Waals surface area contributed by atoms with Gasteiger partial charge in [0, 0.05) is 37.0 Å². The van der Waals surface area contributed by atoms with Crippen LogP contribution in [0, 0.1) is 5.82 Å². The second kappa shape index (κ2) is 12.2. The molecule has 6 nitrogen and oxygen atoms in total. The number of rotatable bonds is 11. The van der Waals surface area contributed by atoms with Crippen LogP contribution in [0.5, 0.6) is 5.75 Å². The monoisotopic (exact) mass is 532 g/mol. The average molecular weight is 533 g/mol. The van der Waals surface area contributed by atoms with Gasteiger partial charge < -0.3 is 14.0 Å². The van der Waals surface area contributed by atoms with Crippen LogP contribution in [-0.2, 0) is 23.2 Å². The summed E-state index contributed by atoms with van der Waals surface area (Å²) in [5.74, 6) is -0.755. The molecule has 0 N–H and O–H groups in total. The van der Waals surface area contributed by atoms with Crippen molar-refractivity contribution in [3.05, 3.63) is 94.3 Å². The van der Waals surface area contributed by atoms with E-state index in [0.717, 1.165) is 18.8 Å². The lowest BCUT2D eigenvalue weighted by Crippen LogP contribution is -2.31. The Labute approximate surface area is 217 Å². The number of nitrogens with zero attached hydrogens (tertiary/aromatic N) is 2. The van der Waals surface area contributed by atoms with Crippen molar-refractivity contribution >= 4 is 33.3 Å². The van der Waals surface area contributed by atoms with Gasteiger partial charge in [-0.1, -0.05) is 41.9 Å². The fourth-order valence-corrected chi connectivity index (χ4v) is 4.52. The van der Waals surface area contributed by atoms with Gasteiger partial charge in [-0.25, -0.2) is 4.39 Å². The van der Waals surface area contributed by atoms with Crippen LogP contribution < -0.4 is 9.08 Å². The summed E-state index contributed by atoms with van der Waals surface area (Å²) in [6.45, 7) is 7.19. The molecular weight excluding hydrogens is 503 g/mol. The maximum Gasteiger partial charge on any atom is 0.308 e. The molecule has 0 saturated carbocycles. The summed E-state index contributed by atoms with van der Waals surface area (Å²) in [5, 5.41) is 0.300. The summed E-state index contributed by atoms with van der Waals surface area (Å²) in [4.78, 5) is 17.2. The van der Waals surface area contributed by atoms with Crippen molar-refractivity contribution in [3.8, 4) is 5.75 Å². The van der Waals surface area contributed by atoms with E-state index >= 15 is 0 Å². The van der Waals surface area contributed by atoms with E-state index in [0.29, 0.717) is 21.7 Å². The molecule has 9 heteroatoms. The number of halogens is 2. The van der Waals surface area contributed by atoms with Crippen LogP contribution in [0.4, 0.5) is 10.1 Å². The lowest BCUT2D eigenvalue weighted by Gasteiger charge is -2.26. The normalized spacial score (nSPS) is 11.2. The first-order chi connectivity index (χ1) is 17.2. The van der Waals surface area contributed by atoms with Gasteiger partial charge in [-0.05, 0) is 56.7 Å². The summed E-state index contributed by atoms with van der Waals surface area (Å²) >= 11 is 6.31. The smallest absolute Gasteiger partial charge is 0.308 e. The highest BCUT2D eigenvalue weighted by molar-refractivity contribution is 7.87. The largest absolute Gasteiger partial charge is 0.382 e. The molecular formula is C27H30ClFN2O4S. The molecule has 1 amide bonds. The molecule has 0 aliphatic carbocycles. The first-order valence-corrected chi connectivity index (χ1v) is 13.7. The van der Waals surface area contributed by atoms with Crippen LogP contribution in [0.25, 0.3) is 0 Å². The molecule has 0 aromatic heterocycles. The molecule has 36 heavy (non-hydrogen) atoms. The molecule has 0 atom stereocenters. The molecule has 0 bridgehead atoms. The topological polar surface area (TPSA) is 66.9 Å². The van der Waals surface area contributed by atoms with Crippen molar-refractivity contribution in [2.24, 2.45) is 0 Å². The van der Waals surface area contributed by atoms with Gasteiger partial charge in [0.25, 0.3) is 5.91 Å². The lowest BCUT2D eigenvalue weighted by molar-refractivity contribution is 0.0729. The minimum absolute atomic E-state index is 0.0501. The molecule has 0 fully saturated rings. The minimum Gasteiger partial charge on any atom is -0.382 e. The van der Waals surface area contributed by atoms with E-state index < -0.39 is 10.1 Å². The molecule has 3 aromatic rings. The number of hydrogen-bond donors (Lipinski definition) is 0. The van der Waals surface area contributed by atoms with Gasteiger partial charge in [0.1, 0.15) is 11.6 Å². The second-order valence-corrected chi connectivity index (χ2v) is 10.4. The Balaban J connectivity index is 2.05. The summed E-state index contributed by atoms with van der Waals surface area (Å²) in [7, 11) is -3.81. The van der Waals surface area contributed by atoms with Gasteiger partial charge in [-0.2, -0.15) is 8.42 Å². The summed E-state index contributed by atoms with van der Waals surface area (Å²) in [6, 6.07) is 17.9. The van der Waals surface area contributed by atoms with Crippen molar-refractivity contribution in [2.45, 2.75) is 33.9 Å². The van der Waals surface area contributed by atoms with Crippen LogP contribution in [0.15, 0.2) is 66.7 Å². The molecule has 0 aliphatic heterocycles. The quantitative estimate of drug-likeness (QED) is 0.288. The fourth-order valence-electron chi connectivity index (χ4n) is 3.75. The first kappa shape index (κ1) is 27.5. The highest BCUT2D eigenvalue weighted by atomic mass is 35.5. The highest BCUT2D eigenvalue weighted by Gasteiger charge is 2.23. The van der Waals surface area contributed by atoms with Crippen molar-refractivity contribution in [1.82, 2.24) is 4.90 Å². The van der Waals surface area contributed by atoms with Crippen molar-refractivity contribution < 1.29 is 21.8 Å². The molecule has 3 rings (SSSR count). The Morgan fingerprint density at radius 2 is 1.61 bits per heavy atom. The van der Waals surface area contributed by atoms with E-state index in [1.54, 1.807) is 48.5 Å². The maximum absolute atomic E-state index is 13.6. The highest BCUT2D eigenvalue weighted by Crippen LogP contribution is 2.30. The van der Waals surface area contributed by atoms with Gasteiger partial charge in [0.05, 0.1) is 22.9 Å². The van der Waals surface area contributed by atoms with Crippen LogP contribution in [0.2, 0.25) is 5.02 Å². The molecule has 0 heterocycles. The number of amides is 1. The summed E-state index contributed by atoms with van der Waals surface area (Å²) in [5.41, 5.74) is 2.35. The number of carbonyl (C=O) groups excluding carboxylic acids is 1. The van der Waals surface area contributed by atoms with E-state index in [2.05, 4.69) is 4.90 Å². The Morgan fingerprint density at radius 1 is 0.944 bits per heavy atom. The molecule has 0 spiro atoms. The standard InChI is InChI=1S/C27H30ClFN2O4S/c1-4-30(5-2)23-16-13-21(26(17-23)35-36(33,34)6-3)19-31(18-20-11-14-22(29)15-12-20)27(32)24-9-7-8-10-25(24)28/h7-17H,4-6,18-19H2,1-3H3. The zero-order chi connectivity index (χ0) is 26.3. The zero-order valence-electron chi connectivity index (χ0n) is 20.6. The van der Waals surface area contributed by atoms with Gasteiger partial charge in [-0.3, -0.25) is 4.79 Å². The van der Waals surface area contributed by atoms with Gasteiger partial charge in [-0.15, -0.1) is 0 Å². The maximum atomic E-state index is 13.6. The first-order valence-electron chi connectivity index (χ1n) is 11.8. The molecule has 192 valence electrons. The molecule has 0 radical (unpaired) electrons. The fraction of sp³-hybridized carbons (Fsp3) is 0.296. The van der Waals surface area contributed by atoms with Gasteiger partial charge in [0.15, 0.2) is 0 Å². The average Bonchev–Trinajstić information content (AvgIpc) is 2.86. The van der Waals surface area contributed by atoms with Crippen molar-refractivity contribution in [1.29, 1.82) is 0 Å². The van der Waals surface area contributed by atoms with Gasteiger partial charge >= 0.3 is 10.1 Å². The summed E-state index contributed by atoms with van der Waals surface area (Å²) in [6.07, 6.45) is 0. The number of anilines is 1. The molecule has 0 unspecified atom stereocenters. The predicted molar refractivity (Wildman–Crippen MR) is 142 cm³/mol. The van der Waals surface area contributed by atoms with E-state index in [-0.39, 0.29) is 36.3 Å². The second-order valence-electron chi connectivity index (χ2n) is 8.16. The Bertz CT molecular complexity index is 1300. The number of carbonyl (C=O) groups is 1. The summed E-state index contributed by atoms with van der Waals surface area (Å²) < 4.78 is 43.7. The third-order valence-corrected chi connectivity index (χ3v) is 7.26. The van der Waals surface area contributed by atoms with Crippen LogP contribution >= 0.6 is 11.6 Å². The number of benzene rings is 3. The van der Waals surface area contributed by atoms with E-state index in [9.17, 15) is 17.6 Å². The Morgan fingerprint density at radius 3 is 2.22 bits per heavy atom. The van der Waals surface area contributed by atoms with E-state index in [4.69, 9.17) is 15.8 Å². The predicted octanol–water partition coefficient (Wildman–Crippen LogP) is 5.90.